The Morgan fingerprint density at radius 1 is 0.850 bits per heavy atom. The topological polar surface area (TPSA) is 47.9 Å². The highest BCUT2D eigenvalue weighted by Crippen LogP contribution is 2.29. The van der Waals surface area contributed by atoms with Crippen molar-refractivity contribution < 1.29 is 19.3 Å². The molecule has 2 aromatic carbocycles. The average molecular weight is 274 g/mol. The largest absolute Gasteiger partial charge is 0.496 e. The first-order chi connectivity index (χ1) is 9.76. The number of aliphatic hydroxyl groups is 1. The lowest BCUT2D eigenvalue weighted by Gasteiger charge is -2.16. The van der Waals surface area contributed by atoms with Crippen LogP contribution in [0.1, 0.15) is 11.7 Å². The lowest BCUT2D eigenvalue weighted by atomic mass is 10.1. The molecule has 0 aliphatic carbocycles. The van der Waals surface area contributed by atoms with Gasteiger partial charge >= 0.3 is 0 Å². The van der Waals surface area contributed by atoms with Crippen molar-refractivity contribution in [3.05, 3.63) is 54.1 Å². The van der Waals surface area contributed by atoms with Crippen LogP contribution < -0.4 is 14.2 Å². The fourth-order valence-corrected chi connectivity index (χ4v) is 1.94. The van der Waals surface area contributed by atoms with Gasteiger partial charge in [0.2, 0.25) is 0 Å². The molecule has 0 heterocycles. The van der Waals surface area contributed by atoms with Crippen LogP contribution in [0, 0.1) is 0 Å². The summed E-state index contributed by atoms with van der Waals surface area (Å²) < 4.78 is 16.0. The smallest absolute Gasteiger partial charge is 0.161 e. The molecule has 20 heavy (non-hydrogen) atoms. The summed E-state index contributed by atoms with van der Waals surface area (Å²) in [6, 6.07) is 14.7. The minimum atomic E-state index is -0.768. The van der Waals surface area contributed by atoms with E-state index in [-0.39, 0.29) is 6.61 Å². The van der Waals surface area contributed by atoms with Gasteiger partial charge < -0.3 is 19.3 Å². The highest BCUT2D eigenvalue weighted by Gasteiger charge is 2.14. The van der Waals surface area contributed by atoms with E-state index in [1.807, 2.05) is 42.5 Å². The molecule has 2 aromatic rings. The summed E-state index contributed by atoms with van der Waals surface area (Å²) in [6.07, 6.45) is -0.768. The SMILES string of the molecule is COc1ccccc1OCC(O)c1ccccc1OC. The Bertz CT molecular complexity index is 554. The van der Waals surface area contributed by atoms with Crippen LogP contribution >= 0.6 is 0 Å². The minimum absolute atomic E-state index is 0.126. The van der Waals surface area contributed by atoms with Crippen molar-refractivity contribution in [1.82, 2.24) is 0 Å². The normalized spacial score (nSPS) is 11.8. The Kier molecular flexibility index (Phi) is 4.85. The lowest BCUT2D eigenvalue weighted by Crippen LogP contribution is -2.11. The molecule has 4 heteroatoms. The Labute approximate surface area is 118 Å². The van der Waals surface area contributed by atoms with Crippen LogP contribution in [0.2, 0.25) is 0 Å². The van der Waals surface area contributed by atoms with Gasteiger partial charge in [-0.25, -0.2) is 0 Å². The Morgan fingerprint density at radius 3 is 2.05 bits per heavy atom. The molecule has 4 nitrogen and oxygen atoms in total. The van der Waals surface area contributed by atoms with Gasteiger partial charge in [0.15, 0.2) is 11.5 Å². The molecule has 0 bridgehead atoms. The van der Waals surface area contributed by atoms with E-state index in [2.05, 4.69) is 0 Å². The summed E-state index contributed by atoms with van der Waals surface area (Å²) >= 11 is 0. The zero-order valence-electron chi connectivity index (χ0n) is 11.6. The molecule has 0 aromatic heterocycles. The van der Waals surface area contributed by atoms with Crippen molar-refractivity contribution in [3.8, 4) is 17.2 Å². The molecular weight excluding hydrogens is 256 g/mol. The second-order valence-corrected chi connectivity index (χ2v) is 4.22. The quantitative estimate of drug-likeness (QED) is 0.880. The molecule has 1 atom stereocenters. The van der Waals surface area contributed by atoms with E-state index >= 15 is 0 Å². The zero-order chi connectivity index (χ0) is 14.4. The van der Waals surface area contributed by atoms with Gasteiger partial charge in [-0.05, 0) is 18.2 Å². The molecule has 0 saturated heterocycles. The monoisotopic (exact) mass is 274 g/mol. The number of hydrogen-bond acceptors (Lipinski definition) is 4. The van der Waals surface area contributed by atoms with Crippen LogP contribution in [0.15, 0.2) is 48.5 Å². The molecule has 106 valence electrons. The molecule has 1 unspecified atom stereocenters. The highest BCUT2D eigenvalue weighted by atomic mass is 16.5. The second kappa shape index (κ2) is 6.82. The average Bonchev–Trinajstić information content (AvgIpc) is 2.52. The molecule has 0 radical (unpaired) electrons. The second-order valence-electron chi connectivity index (χ2n) is 4.22. The van der Waals surface area contributed by atoms with Crippen LogP contribution in [0.5, 0.6) is 17.2 Å². The first-order valence-corrected chi connectivity index (χ1v) is 6.33. The number of aliphatic hydroxyl groups excluding tert-OH is 1. The number of rotatable bonds is 6. The first kappa shape index (κ1) is 14.2. The number of ether oxygens (including phenoxy) is 3. The van der Waals surface area contributed by atoms with E-state index in [1.165, 1.54) is 0 Å². The van der Waals surface area contributed by atoms with Crippen molar-refractivity contribution in [2.45, 2.75) is 6.10 Å². The maximum Gasteiger partial charge on any atom is 0.161 e. The molecule has 0 spiro atoms. The van der Waals surface area contributed by atoms with Gasteiger partial charge in [-0.3, -0.25) is 0 Å². The number of hydrogen-bond donors (Lipinski definition) is 1. The van der Waals surface area contributed by atoms with Crippen LogP contribution in [0.3, 0.4) is 0 Å². The molecule has 0 fully saturated rings. The first-order valence-electron chi connectivity index (χ1n) is 6.33. The maximum absolute atomic E-state index is 10.2. The molecule has 0 amide bonds. The van der Waals surface area contributed by atoms with E-state index < -0.39 is 6.10 Å². The Morgan fingerprint density at radius 2 is 1.40 bits per heavy atom. The van der Waals surface area contributed by atoms with Crippen LogP contribution in [0.25, 0.3) is 0 Å². The molecule has 1 N–H and O–H groups in total. The van der Waals surface area contributed by atoms with Crippen molar-refractivity contribution >= 4 is 0 Å². The van der Waals surface area contributed by atoms with Crippen molar-refractivity contribution in [2.24, 2.45) is 0 Å². The summed E-state index contributed by atoms with van der Waals surface area (Å²) in [5.41, 5.74) is 0.699. The third-order valence-electron chi connectivity index (χ3n) is 2.96. The molecule has 2 rings (SSSR count). The van der Waals surface area contributed by atoms with Crippen molar-refractivity contribution in [1.29, 1.82) is 0 Å². The van der Waals surface area contributed by atoms with Crippen LogP contribution in [-0.2, 0) is 0 Å². The van der Waals surface area contributed by atoms with E-state index in [0.717, 1.165) is 0 Å². The molecular formula is C16H18O4. The molecule has 0 aliphatic rings. The van der Waals surface area contributed by atoms with Crippen molar-refractivity contribution in [3.63, 3.8) is 0 Å². The fraction of sp³-hybridized carbons (Fsp3) is 0.250. The van der Waals surface area contributed by atoms with Crippen LogP contribution in [-0.4, -0.2) is 25.9 Å². The van der Waals surface area contributed by atoms with Gasteiger partial charge in [-0.1, -0.05) is 30.3 Å². The van der Waals surface area contributed by atoms with Crippen molar-refractivity contribution in [2.75, 3.05) is 20.8 Å². The maximum atomic E-state index is 10.2. The summed E-state index contributed by atoms with van der Waals surface area (Å²) in [5, 5.41) is 10.2. The highest BCUT2D eigenvalue weighted by molar-refractivity contribution is 5.40. The number of benzene rings is 2. The van der Waals surface area contributed by atoms with Gasteiger partial charge in [-0.2, -0.15) is 0 Å². The Hall–Kier alpha value is -2.20. The van der Waals surface area contributed by atoms with E-state index in [4.69, 9.17) is 14.2 Å². The molecule has 0 saturated carbocycles. The predicted octanol–water partition coefficient (Wildman–Crippen LogP) is 2.82. The van der Waals surface area contributed by atoms with E-state index in [1.54, 1.807) is 20.3 Å². The summed E-state index contributed by atoms with van der Waals surface area (Å²) in [5.74, 6) is 1.88. The summed E-state index contributed by atoms with van der Waals surface area (Å²) in [4.78, 5) is 0. The lowest BCUT2D eigenvalue weighted by molar-refractivity contribution is 0.104. The standard InChI is InChI=1S/C16H18O4/c1-18-14-8-4-3-7-12(14)13(17)11-20-16-10-6-5-9-15(16)19-2/h3-10,13,17H,11H2,1-2H3. The van der Waals surface area contributed by atoms with Gasteiger partial charge in [0.1, 0.15) is 18.5 Å². The summed E-state index contributed by atoms with van der Waals surface area (Å²) in [7, 11) is 3.16. The molecule has 0 aliphatic heterocycles. The van der Waals surface area contributed by atoms with Gasteiger partial charge in [0.05, 0.1) is 14.2 Å². The summed E-state index contributed by atoms with van der Waals surface area (Å²) in [6.45, 7) is 0.126. The van der Waals surface area contributed by atoms with E-state index in [9.17, 15) is 5.11 Å². The number of methoxy groups -OCH3 is 2. The van der Waals surface area contributed by atoms with Crippen LogP contribution in [0.4, 0.5) is 0 Å². The minimum Gasteiger partial charge on any atom is -0.496 e. The predicted molar refractivity (Wildman–Crippen MR) is 76.4 cm³/mol. The third-order valence-corrected chi connectivity index (χ3v) is 2.96. The van der Waals surface area contributed by atoms with Gasteiger partial charge in [-0.15, -0.1) is 0 Å². The third kappa shape index (κ3) is 3.22. The number of para-hydroxylation sites is 3. The van der Waals surface area contributed by atoms with Gasteiger partial charge in [0.25, 0.3) is 0 Å². The zero-order valence-corrected chi connectivity index (χ0v) is 11.6. The van der Waals surface area contributed by atoms with Gasteiger partial charge in [0, 0.05) is 5.56 Å². The Balaban J connectivity index is 2.07. The fourth-order valence-electron chi connectivity index (χ4n) is 1.94. The van der Waals surface area contributed by atoms with E-state index in [0.29, 0.717) is 22.8 Å².